The Kier molecular flexibility index (Phi) is 3.61. The lowest BCUT2D eigenvalue weighted by Gasteiger charge is -2.24. The minimum atomic E-state index is -0.215. The van der Waals surface area contributed by atoms with E-state index >= 15 is 0 Å². The topological polar surface area (TPSA) is 90.6 Å². The monoisotopic (exact) mass is 342 g/mol. The van der Waals surface area contributed by atoms with Crippen molar-refractivity contribution in [2.24, 2.45) is 0 Å². The molecule has 0 radical (unpaired) electrons. The van der Waals surface area contributed by atoms with E-state index in [1.54, 1.807) is 18.2 Å². The molecule has 1 amide bonds. The third kappa shape index (κ3) is 2.80. The van der Waals surface area contributed by atoms with E-state index in [2.05, 4.69) is 20.5 Å². The highest BCUT2D eigenvalue weighted by atomic mass is 35.5. The smallest absolute Gasteiger partial charge is 0.267 e. The van der Waals surface area contributed by atoms with Gasteiger partial charge in [0.15, 0.2) is 0 Å². The molecule has 0 saturated heterocycles. The van der Waals surface area contributed by atoms with Crippen LogP contribution in [0.3, 0.4) is 0 Å². The number of halogens is 1. The van der Waals surface area contributed by atoms with Crippen LogP contribution in [0, 0.1) is 0 Å². The number of aromatic nitrogens is 3. The molecule has 2 aromatic heterocycles. The summed E-state index contributed by atoms with van der Waals surface area (Å²) in [6.45, 7) is 0. The Morgan fingerprint density at radius 1 is 1.29 bits per heavy atom. The molecule has 7 heteroatoms. The number of aryl methyl sites for hydroxylation is 1. The van der Waals surface area contributed by atoms with Crippen LogP contribution in [0.2, 0.25) is 5.02 Å². The summed E-state index contributed by atoms with van der Waals surface area (Å²) in [5, 5.41) is 11.1. The molecule has 0 spiro atoms. The van der Waals surface area contributed by atoms with Crippen molar-refractivity contribution in [2.45, 2.75) is 25.3 Å². The Hall–Kier alpha value is -2.60. The minimum Gasteiger partial charge on any atom is -0.351 e. The van der Waals surface area contributed by atoms with Crippen LogP contribution in [-0.4, -0.2) is 27.1 Å². The zero-order valence-electron chi connectivity index (χ0n) is 12.7. The van der Waals surface area contributed by atoms with Gasteiger partial charge >= 0.3 is 0 Å². The molecule has 24 heavy (non-hydrogen) atoms. The number of aromatic amines is 2. The van der Waals surface area contributed by atoms with E-state index in [0.29, 0.717) is 17.1 Å². The molecule has 4 rings (SSSR count). The zero-order chi connectivity index (χ0) is 16.7. The molecule has 3 aromatic rings. The molecule has 0 fully saturated rings. The predicted octanol–water partition coefficient (Wildman–Crippen LogP) is 2.19. The molecule has 0 saturated carbocycles. The Bertz CT molecular complexity index is 992. The van der Waals surface area contributed by atoms with Crippen LogP contribution in [0.15, 0.2) is 35.1 Å². The number of amides is 1. The summed E-state index contributed by atoms with van der Waals surface area (Å²) in [5.41, 5.74) is 2.96. The highest BCUT2D eigenvalue weighted by Gasteiger charge is 2.22. The second-order valence-corrected chi connectivity index (χ2v) is 6.47. The molecule has 0 bridgehead atoms. The van der Waals surface area contributed by atoms with E-state index in [4.69, 9.17) is 11.6 Å². The summed E-state index contributed by atoms with van der Waals surface area (Å²) in [7, 11) is 0. The molecule has 0 unspecified atom stereocenters. The van der Waals surface area contributed by atoms with Gasteiger partial charge in [-0.15, -0.1) is 0 Å². The van der Waals surface area contributed by atoms with Gasteiger partial charge in [0.05, 0.1) is 5.69 Å². The lowest BCUT2D eigenvalue weighted by Crippen LogP contribution is -2.39. The van der Waals surface area contributed by atoms with Crippen LogP contribution >= 0.6 is 11.6 Å². The van der Waals surface area contributed by atoms with Gasteiger partial charge in [-0.1, -0.05) is 11.6 Å². The van der Waals surface area contributed by atoms with E-state index in [1.807, 2.05) is 12.1 Å². The highest BCUT2D eigenvalue weighted by molar-refractivity contribution is 6.31. The van der Waals surface area contributed by atoms with Gasteiger partial charge in [0.25, 0.3) is 11.5 Å². The number of benzene rings is 1. The molecule has 3 N–H and O–H groups in total. The van der Waals surface area contributed by atoms with Crippen molar-refractivity contribution in [3.05, 3.63) is 62.7 Å². The molecule has 6 nitrogen and oxygen atoms in total. The Balaban J connectivity index is 1.52. The lowest BCUT2D eigenvalue weighted by molar-refractivity contribution is 0.0929. The van der Waals surface area contributed by atoms with Crippen molar-refractivity contribution in [3.63, 3.8) is 0 Å². The average Bonchev–Trinajstić information content (AvgIpc) is 2.97. The Morgan fingerprint density at radius 3 is 3.04 bits per heavy atom. The van der Waals surface area contributed by atoms with Crippen molar-refractivity contribution in [3.8, 4) is 0 Å². The molecule has 1 aliphatic rings. The molecule has 2 heterocycles. The number of carbonyl (C=O) groups excluding carboxylic acids is 1. The summed E-state index contributed by atoms with van der Waals surface area (Å²) < 4.78 is 0. The van der Waals surface area contributed by atoms with E-state index in [0.717, 1.165) is 35.0 Å². The van der Waals surface area contributed by atoms with Gasteiger partial charge in [0.1, 0.15) is 5.69 Å². The number of H-pyrrole nitrogens is 2. The van der Waals surface area contributed by atoms with Gasteiger partial charge in [-0.25, -0.2) is 5.10 Å². The number of nitrogens with zero attached hydrogens (tertiary/aromatic N) is 1. The predicted molar refractivity (Wildman–Crippen MR) is 91.4 cm³/mol. The van der Waals surface area contributed by atoms with E-state index in [-0.39, 0.29) is 17.5 Å². The van der Waals surface area contributed by atoms with Gasteiger partial charge in [-0.2, -0.15) is 5.10 Å². The van der Waals surface area contributed by atoms with Crippen molar-refractivity contribution in [1.29, 1.82) is 0 Å². The first-order valence-corrected chi connectivity index (χ1v) is 8.13. The summed E-state index contributed by atoms with van der Waals surface area (Å²) in [6, 6.07) is 8.79. The SMILES string of the molecule is O=C(N[C@@H]1CCc2n[nH]c(=O)cc2C1)c1cc2cc(Cl)ccc2[nH]1. The maximum absolute atomic E-state index is 12.5. The number of fused-ring (bicyclic) bond motifs is 2. The molecule has 0 aliphatic heterocycles. The average molecular weight is 343 g/mol. The summed E-state index contributed by atoms with van der Waals surface area (Å²) in [4.78, 5) is 27.0. The second kappa shape index (κ2) is 5.79. The number of hydrogen-bond donors (Lipinski definition) is 3. The van der Waals surface area contributed by atoms with Crippen molar-refractivity contribution in [1.82, 2.24) is 20.5 Å². The fourth-order valence-electron chi connectivity index (χ4n) is 3.15. The van der Waals surface area contributed by atoms with E-state index in [9.17, 15) is 9.59 Å². The first kappa shape index (κ1) is 15.0. The normalized spacial score (nSPS) is 16.8. The van der Waals surface area contributed by atoms with Gasteiger partial charge in [0, 0.05) is 28.0 Å². The lowest BCUT2D eigenvalue weighted by atomic mass is 9.92. The Labute approximate surface area is 142 Å². The number of rotatable bonds is 2. The molecule has 1 atom stereocenters. The van der Waals surface area contributed by atoms with Gasteiger partial charge < -0.3 is 10.3 Å². The highest BCUT2D eigenvalue weighted by Crippen LogP contribution is 2.21. The molecule has 1 aromatic carbocycles. The van der Waals surface area contributed by atoms with Crippen LogP contribution in [0.5, 0.6) is 0 Å². The number of nitrogens with one attached hydrogen (secondary N) is 3. The van der Waals surface area contributed by atoms with Gasteiger partial charge in [0.2, 0.25) is 0 Å². The molecule has 1 aliphatic carbocycles. The standard InChI is InChI=1S/C17H15ClN4O2/c18-11-1-3-13-9(5-11)7-15(20-13)17(24)19-12-2-4-14-10(6-12)8-16(23)22-21-14/h1,3,5,7-8,12,20H,2,4,6H2,(H,19,24)(H,22,23)/t12-/m1/s1. The Morgan fingerprint density at radius 2 is 2.17 bits per heavy atom. The quantitative estimate of drug-likeness (QED) is 0.666. The first-order valence-electron chi connectivity index (χ1n) is 7.75. The third-order valence-corrected chi connectivity index (χ3v) is 4.57. The fraction of sp³-hybridized carbons (Fsp3) is 0.235. The summed E-state index contributed by atoms with van der Waals surface area (Å²) in [6.07, 6.45) is 2.15. The maximum Gasteiger partial charge on any atom is 0.267 e. The first-order chi connectivity index (χ1) is 11.6. The van der Waals surface area contributed by atoms with Crippen molar-refractivity contribution < 1.29 is 4.79 Å². The fourth-order valence-corrected chi connectivity index (χ4v) is 3.33. The second-order valence-electron chi connectivity index (χ2n) is 6.03. The maximum atomic E-state index is 12.5. The van der Waals surface area contributed by atoms with Gasteiger partial charge in [-0.3, -0.25) is 9.59 Å². The van der Waals surface area contributed by atoms with Crippen LogP contribution in [0.1, 0.15) is 28.2 Å². The van der Waals surface area contributed by atoms with Crippen molar-refractivity contribution in [2.75, 3.05) is 0 Å². The van der Waals surface area contributed by atoms with Gasteiger partial charge in [-0.05, 0) is 49.1 Å². The number of hydrogen-bond acceptors (Lipinski definition) is 3. The van der Waals surface area contributed by atoms with Crippen LogP contribution in [0.25, 0.3) is 10.9 Å². The molecule has 122 valence electrons. The summed E-state index contributed by atoms with van der Waals surface area (Å²) >= 11 is 5.98. The third-order valence-electron chi connectivity index (χ3n) is 4.34. The zero-order valence-corrected chi connectivity index (χ0v) is 13.5. The molecular weight excluding hydrogens is 328 g/mol. The minimum absolute atomic E-state index is 0.0106. The van der Waals surface area contributed by atoms with Crippen LogP contribution in [0.4, 0.5) is 0 Å². The largest absolute Gasteiger partial charge is 0.351 e. The summed E-state index contributed by atoms with van der Waals surface area (Å²) in [5.74, 6) is -0.159. The molecular formula is C17H15ClN4O2. The van der Waals surface area contributed by atoms with Crippen LogP contribution < -0.4 is 10.9 Å². The van der Waals surface area contributed by atoms with E-state index in [1.165, 1.54) is 0 Å². The number of carbonyl (C=O) groups is 1. The van der Waals surface area contributed by atoms with Crippen molar-refractivity contribution >= 4 is 28.4 Å². The van der Waals surface area contributed by atoms with E-state index < -0.39 is 0 Å². The van der Waals surface area contributed by atoms with Crippen LogP contribution in [-0.2, 0) is 12.8 Å².